The zero-order chi connectivity index (χ0) is 12.0. The van der Waals surface area contributed by atoms with Crippen LogP contribution in [0.5, 0.6) is 5.75 Å². The summed E-state index contributed by atoms with van der Waals surface area (Å²) in [6.07, 6.45) is 11.3. The van der Waals surface area contributed by atoms with E-state index in [0.717, 1.165) is 5.56 Å². The predicted octanol–water partition coefficient (Wildman–Crippen LogP) is 1.58. The molecule has 1 aromatic rings. The third-order valence-electron chi connectivity index (χ3n) is 2.55. The van der Waals surface area contributed by atoms with Crippen LogP contribution in [0, 0.1) is 24.7 Å². The van der Waals surface area contributed by atoms with Gasteiger partial charge < -0.3 is 9.84 Å². The summed E-state index contributed by atoms with van der Waals surface area (Å²) in [7, 11) is 1.57. The van der Waals surface area contributed by atoms with E-state index in [4.69, 9.17) is 22.7 Å². The molecule has 0 unspecified atom stereocenters. The van der Waals surface area contributed by atoms with Gasteiger partial charge in [-0.15, -0.1) is 12.8 Å². The van der Waals surface area contributed by atoms with Crippen molar-refractivity contribution >= 4 is 0 Å². The summed E-state index contributed by atoms with van der Waals surface area (Å²) < 4.78 is 5.23. The fraction of sp³-hybridized carbons (Fsp3) is 0.286. The van der Waals surface area contributed by atoms with E-state index >= 15 is 0 Å². The SMILES string of the molecule is C#CC(C#C)(CCO)c1ccccc1OC. The van der Waals surface area contributed by atoms with E-state index in [9.17, 15) is 0 Å². The minimum Gasteiger partial charge on any atom is -0.496 e. The molecule has 82 valence electrons. The maximum Gasteiger partial charge on any atom is 0.124 e. The first-order valence-corrected chi connectivity index (χ1v) is 4.94. The minimum absolute atomic E-state index is 0.0630. The molecule has 0 bridgehead atoms. The zero-order valence-corrected chi connectivity index (χ0v) is 9.23. The largest absolute Gasteiger partial charge is 0.496 e. The predicted molar refractivity (Wildman–Crippen MR) is 64.0 cm³/mol. The van der Waals surface area contributed by atoms with Crippen LogP contribution in [0.4, 0.5) is 0 Å². The molecule has 0 amide bonds. The van der Waals surface area contributed by atoms with E-state index in [2.05, 4.69) is 11.8 Å². The molecule has 0 spiro atoms. The first-order chi connectivity index (χ1) is 7.74. The van der Waals surface area contributed by atoms with Crippen LogP contribution in [-0.2, 0) is 5.41 Å². The van der Waals surface area contributed by atoms with Crippen LogP contribution in [0.2, 0.25) is 0 Å². The Morgan fingerprint density at radius 2 is 1.94 bits per heavy atom. The molecule has 0 fully saturated rings. The van der Waals surface area contributed by atoms with E-state index in [1.807, 2.05) is 18.2 Å². The Labute approximate surface area is 96.3 Å². The number of para-hydroxylation sites is 1. The summed E-state index contributed by atoms with van der Waals surface area (Å²) >= 11 is 0. The van der Waals surface area contributed by atoms with E-state index in [-0.39, 0.29) is 6.61 Å². The van der Waals surface area contributed by atoms with Crippen molar-refractivity contribution in [3.63, 3.8) is 0 Å². The molecular formula is C14H14O2. The molecule has 0 saturated heterocycles. The lowest BCUT2D eigenvalue weighted by atomic mass is 9.79. The first kappa shape index (κ1) is 12.2. The Hall–Kier alpha value is -1.90. The van der Waals surface area contributed by atoms with Crippen molar-refractivity contribution in [2.24, 2.45) is 0 Å². The van der Waals surface area contributed by atoms with Crippen LogP contribution in [0.1, 0.15) is 12.0 Å². The van der Waals surface area contributed by atoms with Crippen LogP contribution < -0.4 is 4.74 Å². The molecule has 0 radical (unpaired) electrons. The molecule has 1 N–H and O–H groups in total. The van der Waals surface area contributed by atoms with Crippen LogP contribution in [0.25, 0.3) is 0 Å². The van der Waals surface area contributed by atoms with Gasteiger partial charge in [0.15, 0.2) is 0 Å². The highest BCUT2D eigenvalue weighted by Gasteiger charge is 2.29. The third-order valence-corrected chi connectivity index (χ3v) is 2.55. The molecule has 16 heavy (non-hydrogen) atoms. The minimum atomic E-state index is -0.901. The van der Waals surface area contributed by atoms with E-state index in [1.54, 1.807) is 13.2 Å². The van der Waals surface area contributed by atoms with Crippen LogP contribution in [-0.4, -0.2) is 18.8 Å². The number of rotatable bonds is 4. The number of aliphatic hydroxyl groups is 1. The molecule has 0 aliphatic heterocycles. The monoisotopic (exact) mass is 214 g/mol. The number of ether oxygens (including phenoxy) is 1. The fourth-order valence-electron chi connectivity index (χ4n) is 1.64. The van der Waals surface area contributed by atoms with Crippen molar-refractivity contribution in [1.82, 2.24) is 0 Å². The highest BCUT2D eigenvalue weighted by atomic mass is 16.5. The maximum atomic E-state index is 9.06. The normalized spacial score (nSPS) is 10.2. The summed E-state index contributed by atoms with van der Waals surface area (Å²) in [5.41, 5.74) is -0.155. The summed E-state index contributed by atoms with van der Waals surface area (Å²) in [5, 5.41) is 9.06. The van der Waals surface area contributed by atoms with Gasteiger partial charge >= 0.3 is 0 Å². The summed E-state index contributed by atoms with van der Waals surface area (Å²) in [6, 6.07) is 7.32. The molecule has 1 aromatic carbocycles. The Bertz CT molecular complexity index is 421. The lowest BCUT2D eigenvalue weighted by molar-refractivity contribution is 0.272. The quantitative estimate of drug-likeness (QED) is 0.771. The number of terminal acetylenes is 2. The smallest absolute Gasteiger partial charge is 0.124 e. The number of hydrogen-bond acceptors (Lipinski definition) is 2. The fourth-order valence-corrected chi connectivity index (χ4v) is 1.64. The van der Waals surface area contributed by atoms with E-state index in [1.165, 1.54) is 0 Å². The number of methoxy groups -OCH3 is 1. The van der Waals surface area contributed by atoms with Gasteiger partial charge in [0.1, 0.15) is 11.2 Å². The first-order valence-electron chi connectivity index (χ1n) is 4.94. The lowest BCUT2D eigenvalue weighted by Gasteiger charge is -2.24. The number of benzene rings is 1. The standard InChI is InChI=1S/C14H14O2/c1-4-14(5-2,10-11-15)12-8-6-7-9-13(12)16-3/h1-2,6-9,15H,10-11H2,3H3. The molecule has 2 heteroatoms. The van der Waals surface area contributed by atoms with Crippen molar-refractivity contribution in [3.05, 3.63) is 29.8 Å². The lowest BCUT2D eigenvalue weighted by Crippen LogP contribution is -2.24. The average molecular weight is 214 g/mol. The van der Waals surface area contributed by atoms with Gasteiger partial charge in [-0.25, -0.2) is 0 Å². The highest BCUT2D eigenvalue weighted by molar-refractivity contribution is 5.50. The Kier molecular flexibility index (Phi) is 4.00. The third kappa shape index (κ3) is 2.03. The Morgan fingerprint density at radius 3 is 2.44 bits per heavy atom. The molecule has 2 nitrogen and oxygen atoms in total. The van der Waals surface area contributed by atoms with Gasteiger partial charge in [-0.1, -0.05) is 30.0 Å². The van der Waals surface area contributed by atoms with Crippen molar-refractivity contribution in [2.45, 2.75) is 11.8 Å². The molecular weight excluding hydrogens is 200 g/mol. The second-order valence-electron chi connectivity index (χ2n) is 3.37. The van der Waals surface area contributed by atoms with E-state index in [0.29, 0.717) is 12.2 Å². The summed E-state index contributed by atoms with van der Waals surface area (Å²) in [5.74, 6) is 5.81. The highest BCUT2D eigenvalue weighted by Crippen LogP contribution is 2.33. The molecule has 1 rings (SSSR count). The zero-order valence-electron chi connectivity index (χ0n) is 9.23. The average Bonchev–Trinajstić information content (AvgIpc) is 2.36. The van der Waals surface area contributed by atoms with Crippen LogP contribution >= 0.6 is 0 Å². The Morgan fingerprint density at radius 1 is 1.31 bits per heavy atom. The maximum absolute atomic E-state index is 9.06. The molecule has 0 heterocycles. The van der Waals surface area contributed by atoms with Gasteiger partial charge in [-0.05, 0) is 6.07 Å². The number of hydrogen-bond donors (Lipinski definition) is 1. The molecule has 0 aliphatic carbocycles. The van der Waals surface area contributed by atoms with Crippen molar-refractivity contribution in [3.8, 4) is 30.4 Å². The summed E-state index contributed by atoms with van der Waals surface area (Å²) in [4.78, 5) is 0. The summed E-state index contributed by atoms with van der Waals surface area (Å²) in [6.45, 7) is -0.0630. The molecule has 0 aromatic heterocycles. The van der Waals surface area contributed by atoms with Crippen molar-refractivity contribution < 1.29 is 9.84 Å². The van der Waals surface area contributed by atoms with Gasteiger partial charge in [0, 0.05) is 18.6 Å². The molecule has 0 atom stereocenters. The van der Waals surface area contributed by atoms with Gasteiger partial charge in [0.25, 0.3) is 0 Å². The molecule has 0 saturated carbocycles. The van der Waals surface area contributed by atoms with Crippen LogP contribution in [0.15, 0.2) is 24.3 Å². The van der Waals surface area contributed by atoms with Gasteiger partial charge in [-0.3, -0.25) is 0 Å². The van der Waals surface area contributed by atoms with Gasteiger partial charge in [0.05, 0.1) is 7.11 Å². The second-order valence-corrected chi connectivity index (χ2v) is 3.37. The van der Waals surface area contributed by atoms with Gasteiger partial charge in [-0.2, -0.15) is 0 Å². The Balaban J connectivity index is 3.33. The molecule has 0 aliphatic rings. The van der Waals surface area contributed by atoms with Gasteiger partial charge in [0.2, 0.25) is 0 Å². The second kappa shape index (κ2) is 5.26. The number of aliphatic hydroxyl groups excluding tert-OH is 1. The van der Waals surface area contributed by atoms with Crippen molar-refractivity contribution in [1.29, 1.82) is 0 Å². The topological polar surface area (TPSA) is 29.5 Å². The van der Waals surface area contributed by atoms with Crippen LogP contribution in [0.3, 0.4) is 0 Å². The van der Waals surface area contributed by atoms with E-state index < -0.39 is 5.41 Å². The van der Waals surface area contributed by atoms with Crippen molar-refractivity contribution in [2.75, 3.05) is 13.7 Å².